The maximum absolute atomic E-state index is 9.15. The Bertz CT molecular complexity index is 2710. The van der Waals surface area contributed by atoms with Crippen molar-refractivity contribution >= 4 is 59.6 Å². The lowest BCUT2D eigenvalue weighted by molar-refractivity contribution is 1.49. The quantitative estimate of drug-likeness (QED) is 0.0789. The molecule has 49 heavy (non-hydrogen) atoms. The van der Waals surface area contributed by atoms with E-state index < -0.39 is 0 Å². The molecule has 232 valence electrons. The standard InChI is InChI=1S/C48H35N/c1-4-14-31(2)32(3)25-28-46(49)35-26-27-43-45(30-35)47(40-24-13-17-33-15-5-7-18-36(33)40)41-22-11-12-23-42(41)48(43)44-29-34-16-6-8-19-37(34)38-20-9-10-21-39(38)44/h4-30,49H,2-3H2,1H3/b14-4-,28-25-,49-46?. The van der Waals surface area contributed by atoms with Crippen molar-refractivity contribution in [3.8, 4) is 22.3 Å². The summed E-state index contributed by atoms with van der Waals surface area (Å²) in [5.74, 6) is 0. The minimum Gasteiger partial charge on any atom is -0.300 e. The molecule has 1 heteroatoms. The highest BCUT2D eigenvalue weighted by molar-refractivity contribution is 6.27. The highest BCUT2D eigenvalue weighted by atomic mass is 14.4. The molecule has 0 amide bonds. The third kappa shape index (κ3) is 5.17. The zero-order valence-electron chi connectivity index (χ0n) is 27.5. The molecular formula is C48H35N. The third-order valence-electron chi connectivity index (χ3n) is 9.66. The monoisotopic (exact) mass is 625 g/mol. The first kappa shape index (κ1) is 30.1. The van der Waals surface area contributed by atoms with Crippen molar-refractivity contribution in [2.75, 3.05) is 0 Å². The SMILES string of the molecule is C=C(/C=C\C)C(=C)/C=C\C(=N)c1ccc2c(-c3cc4ccccc4c4ccccc34)c3ccccc3c(-c3cccc4ccccc34)c2c1. The highest BCUT2D eigenvalue weighted by Gasteiger charge is 2.20. The lowest BCUT2D eigenvalue weighted by Gasteiger charge is -2.21. The topological polar surface area (TPSA) is 23.9 Å². The van der Waals surface area contributed by atoms with Crippen LogP contribution < -0.4 is 0 Å². The van der Waals surface area contributed by atoms with E-state index in [2.05, 4.69) is 153 Å². The van der Waals surface area contributed by atoms with Gasteiger partial charge in [-0.15, -0.1) is 0 Å². The molecule has 0 radical (unpaired) electrons. The molecule has 0 saturated carbocycles. The smallest absolute Gasteiger partial charge is 0.0612 e. The Morgan fingerprint density at radius 1 is 0.449 bits per heavy atom. The average molecular weight is 626 g/mol. The van der Waals surface area contributed by atoms with Crippen LogP contribution >= 0.6 is 0 Å². The fourth-order valence-electron chi connectivity index (χ4n) is 7.33. The van der Waals surface area contributed by atoms with Crippen molar-refractivity contribution < 1.29 is 0 Å². The summed E-state index contributed by atoms with van der Waals surface area (Å²) in [4.78, 5) is 0. The van der Waals surface area contributed by atoms with Crippen LogP contribution in [0.15, 0.2) is 188 Å². The summed E-state index contributed by atoms with van der Waals surface area (Å²) in [6.07, 6.45) is 7.60. The number of hydrogen-bond acceptors (Lipinski definition) is 1. The molecule has 0 heterocycles. The van der Waals surface area contributed by atoms with Gasteiger partial charge >= 0.3 is 0 Å². The largest absolute Gasteiger partial charge is 0.300 e. The lowest BCUT2D eigenvalue weighted by atomic mass is 9.82. The van der Waals surface area contributed by atoms with Crippen molar-refractivity contribution in [1.82, 2.24) is 0 Å². The second-order valence-corrected chi connectivity index (χ2v) is 12.6. The molecule has 8 aromatic rings. The molecule has 8 aromatic carbocycles. The minimum absolute atomic E-state index is 0.422. The zero-order chi connectivity index (χ0) is 33.5. The van der Waals surface area contributed by atoms with Crippen LogP contribution in [0.5, 0.6) is 0 Å². The number of allylic oxidation sites excluding steroid dienone is 6. The van der Waals surface area contributed by atoms with E-state index >= 15 is 0 Å². The van der Waals surface area contributed by atoms with Gasteiger partial charge in [0, 0.05) is 5.56 Å². The summed E-state index contributed by atoms with van der Waals surface area (Å²) in [5.41, 5.74) is 7.68. The molecule has 0 saturated heterocycles. The van der Waals surface area contributed by atoms with Crippen LogP contribution in [-0.2, 0) is 0 Å². The first-order chi connectivity index (χ1) is 24.0. The van der Waals surface area contributed by atoms with Gasteiger partial charge in [-0.25, -0.2) is 0 Å². The molecule has 0 spiro atoms. The van der Waals surface area contributed by atoms with Crippen molar-refractivity contribution in [2.24, 2.45) is 0 Å². The van der Waals surface area contributed by atoms with Gasteiger partial charge in [0.15, 0.2) is 0 Å². The average Bonchev–Trinajstić information content (AvgIpc) is 3.15. The predicted molar refractivity (Wildman–Crippen MR) is 214 cm³/mol. The molecule has 0 aromatic heterocycles. The van der Waals surface area contributed by atoms with Gasteiger partial charge in [-0.2, -0.15) is 0 Å². The minimum atomic E-state index is 0.422. The molecule has 0 unspecified atom stereocenters. The molecule has 0 aliphatic heterocycles. The maximum Gasteiger partial charge on any atom is 0.0612 e. The molecule has 0 bridgehead atoms. The molecule has 1 N–H and O–H groups in total. The fourth-order valence-corrected chi connectivity index (χ4v) is 7.33. The van der Waals surface area contributed by atoms with Gasteiger partial charge in [-0.3, -0.25) is 0 Å². The van der Waals surface area contributed by atoms with E-state index in [0.717, 1.165) is 27.5 Å². The molecule has 0 aliphatic carbocycles. The summed E-state index contributed by atoms with van der Waals surface area (Å²) in [7, 11) is 0. The van der Waals surface area contributed by atoms with Crippen LogP contribution in [0.3, 0.4) is 0 Å². The van der Waals surface area contributed by atoms with Crippen molar-refractivity contribution in [1.29, 1.82) is 5.41 Å². The van der Waals surface area contributed by atoms with Crippen molar-refractivity contribution in [3.63, 3.8) is 0 Å². The molecular weight excluding hydrogens is 591 g/mol. The number of hydrogen-bond donors (Lipinski definition) is 1. The predicted octanol–water partition coefficient (Wildman–Crippen LogP) is 13.4. The summed E-state index contributed by atoms with van der Waals surface area (Å²) >= 11 is 0. The Labute approximate surface area is 287 Å². The second-order valence-electron chi connectivity index (χ2n) is 12.6. The van der Waals surface area contributed by atoms with Crippen LogP contribution in [0.1, 0.15) is 12.5 Å². The van der Waals surface area contributed by atoms with E-state index in [1.54, 1.807) is 0 Å². The molecule has 8 rings (SSSR count). The normalized spacial score (nSPS) is 11.9. The third-order valence-corrected chi connectivity index (χ3v) is 9.66. The maximum atomic E-state index is 9.15. The second kappa shape index (κ2) is 12.4. The summed E-state index contributed by atoms with van der Waals surface area (Å²) in [6, 6.07) is 50.3. The van der Waals surface area contributed by atoms with Crippen molar-refractivity contribution in [2.45, 2.75) is 6.92 Å². The Morgan fingerprint density at radius 2 is 1.00 bits per heavy atom. The molecule has 0 atom stereocenters. The summed E-state index contributed by atoms with van der Waals surface area (Å²) in [6.45, 7) is 10.2. The van der Waals surface area contributed by atoms with Crippen molar-refractivity contribution in [3.05, 3.63) is 194 Å². The van der Waals surface area contributed by atoms with Gasteiger partial charge in [0.2, 0.25) is 0 Å². The van der Waals surface area contributed by atoms with Crippen LogP contribution in [-0.4, -0.2) is 5.71 Å². The first-order valence-electron chi connectivity index (χ1n) is 16.7. The first-order valence-corrected chi connectivity index (χ1v) is 16.7. The Kier molecular flexibility index (Phi) is 7.59. The zero-order valence-corrected chi connectivity index (χ0v) is 27.5. The Morgan fingerprint density at radius 3 is 1.73 bits per heavy atom. The van der Waals surface area contributed by atoms with Gasteiger partial charge in [-0.05, 0) is 112 Å². The van der Waals surface area contributed by atoms with Crippen LogP contribution in [0.4, 0.5) is 0 Å². The van der Waals surface area contributed by atoms with E-state index in [4.69, 9.17) is 5.41 Å². The van der Waals surface area contributed by atoms with Gasteiger partial charge < -0.3 is 5.41 Å². The van der Waals surface area contributed by atoms with Crippen LogP contribution in [0.2, 0.25) is 0 Å². The fraction of sp³-hybridized carbons (Fsp3) is 0.0208. The number of benzene rings is 8. The Balaban J connectivity index is 1.48. The van der Waals surface area contributed by atoms with Gasteiger partial charge in [0.1, 0.15) is 0 Å². The summed E-state index contributed by atoms with van der Waals surface area (Å²) < 4.78 is 0. The summed E-state index contributed by atoms with van der Waals surface area (Å²) in [5, 5.41) is 21.2. The van der Waals surface area contributed by atoms with Gasteiger partial charge in [-0.1, -0.05) is 159 Å². The molecule has 1 nitrogen and oxygen atoms in total. The molecule has 0 fully saturated rings. The number of rotatable bonds is 7. The number of nitrogens with one attached hydrogen (secondary N) is 1. The van der Waals surface area contributed by atoms with E-state index in [1.807, 2.05) is 31.2 Å². The van der Waals surface area contributed by atoms with Crippen LogP contribution in [0.25, 0.3) is 76.1 Å². The van der Waals surface area contributed by atoms with E-state index in [-0.39, 0.29) is 0 Å². The Hall–Kier alpha value is -6.31. The van der Waals surface area contributed by atoms with Gasteiger partial charge in [0.05, 0.1) is 5.71 Å². The highest BCUT2D eigenvalue weighted by Crippen LogP contribution is 2.47. The molecule has 0 aliphatic rings. The van der Waals surface area contributed by atoms with E-state index in [1.165, 1.54) is 65.3 Å². The van der Waals surface area contributed by atoms with Crippen LogP contribution in [0, 0.1) is 5.41 Å². The van der Waals surface area contributed by atoms with Gasteiger partial charge in [0.25, 0.3) is 0 Å². The lowest BCUT2D eigenvalue weighted by Crippen LogP contribution is -1.98. The van der Waals surface area contributed by atoms with E-state index in [9.17, 15) is 0 Å². The number of fused-ring (bicyclic) bond motifs is 6. The van der Waals surface area contributed by atoms with E-state index in [0.29, 0.717) is 5.71 Å².